The first-order valence-corrected chi connectivity index (χ1v) is 8.14. The fourth-order valence-electron chi connectivity index (χ4n) is 2.78. The quantitative estimate of drug-likeness (QED) is 0.659. The standard InChI is InChI=1S/C16H24ClN3O/c1-11-14(9-10-15(17)19-11)20-16(21)12(2)18-13-7-5-3-4-6-8-13/h9-10,12-13,18H,3-8H2,1-2H3,(H,20,21). The van der Waals surface area contributed by atoms with Crippen LogP contribution >= 0.6 is 11.6 Å². The van der Waals surface area contributed by atoms with Crippen molar-refractivity contribution >= 4 is 23.2 Å². The van der Waals surface area contributed by atoms with Crippen LogP contribution in [0.2, 0.25) is 5.15 Å². The maximum Gasteiger partial charge on any atom is 0.241 e. The van der Waals surface area contributed by atoms with Crippen LogP contribution in [0.15, 0.2) is 12.1 Å². The molecule has 1 aliphatic carbocycles. The zero-order valence-corrected chi connectivity index (χ0v) is 13.5. The van der Waals surface area contributed by atoms with E-state index in [2.05, 4.69) is 15.6 Å². The van der Waals surface area contributed by atoms with Crippen LogP contribution in [0, 0.1) is 6.92 Å². The Hall–Kier alpha value is -1.13. The van der Waals surface area contributed by atoms with Gasteiger partial charge in [0.15, 0.2) is 0 Å². The van der Waals surface area contributed by atoms with E-state index in [1.54, 1.807) is 12.1 Å². The lowest BCUT2D eigenvalue weighted by molar-refractivity contribution is -0.118. The van der Waals surface area contributed by atoms with Crippen LogP contribution in [0.1, 0.15) is 51.1 Å². The Balaban J connectivity index is 1.89. The molecule has 2 N–H and O–H groups in total. The number of aryl methyl sites for hydroxylation is 1. The molecule has 21 heavy (non-hydrogen) atoms. The number of nitrogens with one attached hydrogen (secondary N) is 2. The molecular weight excluding hydrogens is 286 g/mol. The Bertz CT molecular complexity index is 484. The molecule has 1 atom stereocenters. The van der Waals surface area contributed by atoms with Gasteiger partial charge in [-0.1, -0.05) is 37.3 Å². The lowest BCUT2D eigenvalue weighted by Gasteiger charge is -2.21. The summed E-state index contributed by atoms with van der Waals surface area (Å²) >= 11 is 5.82. The van der Waals surface area contributed by atoms with Crippen molar-refractivity contribution in [3.8, 4) is 0 Å². The number of amides is 1. The Morgan fingerprint density at radius 3 is 2.57 bits per heavy atom. The monoisotopic (exact) mass is 309 g/mol. The lowest BCUT2D eigenvalue weighted by Crippen LogP contribution is -2.43. The Morgan fingerprint density at radius 2 is 1.95 bits per heavy atom. The number of carbonyl (C=O) groups excluding carboxylic acids is 1. The predicted molar refractivity (Wildman–Crippen MR) is 86.7 cm³/mol. The van der Waals surface area contributed by atoms with Crippen molar-refractivity contribution in [2.24, 2.45) is 0 Å². The molecule has 0 radical (unpaired) electrons. The second-order valence-electron chi connectivity index (χ2n) is 5.83. The van der Waals surface area contributed by atoms with E-state index in [0.717, 1.165) is 11.4 Å². The first-order valence-electron chi connectivity index (χ1n) is 7.76. The molecule has 4 nitrogen and oxygen atoms in total. The van der Waals surface area contributed by atoms with Gasteiger partial charge in [-0.15, -0.1) is 0 Å². The van der Waals surface area contributed by atoms with Crippen molar-refractivity contribution in [1.29, 1.82) is 0 Å². The van der Waals surface area contributed by atoms with Gasteiger partial charge in [-0.25, -0.2) is 4.98 Å². The van der Waals surface area contributed by atoms with Crippen LogP contribution in [-0.2, 0) is 4.79 Å². The van der Waals surface area contributed by atoms with E-state index in [1.165, 1.54) is 38.5 Å². The molecule has 1 heterocycles. The second-order valence-corrected chi connectivity index (χ2v) is 6.22. The number of halogens is 1. The Morgan fingerprint density at radius 1 is 1.29 bits per heavy atom. The number of hydrogen-bond donors (Lipinski definition) is 2. The van der Waals surface area contributed by atoms with E-state index < -0.39 is 0 Å². The number of rotatable bonds is 4. The first-order chi connectivity index (χ1) is 10.1. The third-order valence-corrected chi connectivity index (χ3v) is 4.25. The zero-order chi connectivity index (χ0) is 15.2. The number of nitrogens with zero attached hydrogens (tertiary/aromatic N) is 1. The van der Waals surface area contributed by atoms with E-state index in [0.29, 0.717) is 11.2 Å². The SMILES string of the molecule is Cc1nc(Cl)ccc1NC(=O)C(C)NC1CCCCCC1. The van der Waals surface area contributed by atoms with Gasteiger partial charge >= 0.3 is 0 Å². The highest BCUT2D eigenvalue weighted by Crippen LogP contribution is 2.18. The number of pyridine rings is 1. The minimum absolute atomic E-state index is 0.0218. The van der Waals surface area contributed by atoms with Gasteiger partial charge in [0.1, 0.15) is 5.15 Å². The molecule has 1 saturated carbocycles. The number of hydrogen-bond acceptors (Lipinski definition) is 3. The number of carbonyl (C=O) groups is 1. The summed E-state index contributed by atoms with van der Waals surface area (Å²) in [5.41, 5.74) is 1.46. The average Bonchev–Trinajstić information content (AvgIpc) is 2.70. The highest BCUT2D eigenvalue weighted by molar-refractivity contribution is 6.29. The van der Waals surface area contributed by atoms with Crippen molar-refractivity contribution in [3.05, 3.63) is 23.0 Å². The van der Waals surface area contributed by atoms with Crippen LogP contribution < -0.4 is 10.6 Å². The maximum absolute atomic E-state index is 12.3. The molecule has 1 aromatic rings. The summed E-state index contributed by atoms with van der Waals surface area (Å²) in [4.78, 5) is 16.4. The van der Waals surface area contributed by atoms with Crippen LogP contribution in [-0.4, -0.2) is 23.0 Å². The fourth-order valence-corrected chi connectivity index (χ4v) is 2.97. The third kappa shape index (κ3) is 4.97. The van der Waals surface area contributed by atoms with E-state index >= 15 is 0 Å². The molecule has 1 aliphatic rings. The summed E-state index contributed by atoms with van der Waals surface area (Å²) in [6.45, 7) is 3.75. The van der Waals surface area contributed by atoms with E-state index in [-0.39, 0.29) is 11.9 Å². The second kappa shape index (κ2) is 7.76. The summed E-state index contributed by atoms with van der Waals surface area (Å²) in [5, 5.41) is 6.81. The van der Waals surface area contributed by atoms with E-state index in [1.807, 2.05) is 13.8 Å². The third-order valence-electron chi connectivity index (χ3n) is 4.04. The summed E-state index contributed by atoms with van der Waals surface area (Å²) in [7, 11) is 0. The van der Waals surface area contributed by atoms with Crippen LogP contribution in [0.5, 0.6) is 0 Å². The van der Waals surface area contributed by atoms with Gasteiger partial charge in [0.25, 0.3) is 0 Å². The topological polar surface area (TPSA) is 54.0 Å². The van der Waals surface area contributed by atoms with E-state index in [9.17, 15) is 4.79 Å². The molecule has 0 spiro atoms. The maximum atomic E-state index is 12.3. The minimum atomic E-state index is -0.205. The van der Waals surface area contributed by atoms with Crippen molar-refractivity contribution < 1.29 is 4.79 Å². The van der Waals surface area contributed by atoms with Crippen LogP contribution in [0.4, 0.5) is 5.69 Å². The Labute approximate surface area is 131 Å². The highest BCUT2D eigenvalue weighted by Gasteiger charge is 2.19. The van der Waals surface area contributed by atoms with Gasteiger partial charge in [0, 0.05) is 6.04 Å². The normalized spacial score (nSPS) is 18.0. The predicted octanol–water partition coefficient (Wildman–Crippen LogP) is 3.68. The van der Waals surface area contributed by atoms with Gasteiger partial charge in [-0.3, -0.25) is 4.79 Å². The summed E-state index contributed by atoms with van der Waals surface area (Å²) in [6.07, 6.45) is 7.47. The Kier molecular flexibility index (Phi) is 6.00. The van der Waals surface area contributed by atoms with Crippen molar-refractivity contribution in [3.63, 3.8) is 0 Å². The first kappa shape index (κ1) is 16.2. The van der Waals surface area contributed by atoms with Gasteiger partial charge in [-0.2, -0.15) is 0 Å². The molecule has 0 bridgehead atoms. The summed E-state index contributed by atoms with van der Waals surface area (Å²) < 4.78 is 0. The molecule has 0 aliphatic heterocycles. The van der Waals surface area contributed by atoms with Gasteiger partial charge in [0.05, 0.1) is 17.4 Å². The highest BCUT2D eigenvalue weighted by atomic mass is 35.5. The van der Waals surface area contributed by atoms with Crippen LogP contribution in [0.25, 0.3) is 0 Å². The zero-order valence-electron chi connectivity index (χ0n) is 12.8. The molecule has 5 heteroatoms. The van der Waals surface area contributed by atoms with Crippen molar-refractivity contribution in [2.75, 3.05) is 5.32 Å². The van der Waals surface area contributed by atoms with Gasteiger partial charge in [0.2, 0.25) is 5.91 Å². The number of aromatic nitrogens is 1. The van der Waals surface area contributed by atoms with Crippen molar-refractivity contribution in [1.82, 2.24) is 10.3 Å². The van der Waals surface area contributed by atoms with Crippen LogP contribution in [0.3, 0.4) is 0 Å². The molecule has 1 aromatic heterocycles. The molecule has 0 aromatic carbocycles. The molecule has 2 rings (SSSR count). The molecule has 0 saturated heterocycles. The molecule has 1 fully saturated rings. The summed E-state index contributed by atoms with van der Waals surface area (Å²) in [5.74, 6) is -0.0218. The summed E-state index contributed by atoms with van der Waals surface area (Å²) in [6, 6.07) is 3.73. The van der Waals surface area contributed by atoms with E-state index in [4.69, 9.17) is 11.6 Å². The average molecular weight is 310 g/mol. The minimum Gasteiger partial charge on any atom is -0.323 e. The molecule has 1 unspecified atom stereocenters. The number of anilines is 1. The largest absolute Gasteiger partial charge is 0.323 e. The van der Waals surface area contributed by atoms with Crippen molar-refractivity contribution in [2.45, 2.75) is 64.5 Å². The smallest absolute Gasteiger partial charge is 0.241 e. The van der Waals surface area contributed by atoms with Gasteiger partial charge in [-0.05, 0) is 38.8 Å². The molecule has 1 amide bonds. The van der Waals surface area contributed by atoms with Gasteiger partial charge < -0.3 is 10.6 Å². The fraction of sp³-hybridized carbons (Fsp3) is 0.625. The lowest BCUT2D eigenvalue weighted by atomic mass is 10.1. The molecule has 116 valence electrons. The molecular formula is C16H24ClN3O.